The molecular weight excluding hydrogens is 188 g/mol. The summed E-state index contributed by atoms with van der Waals surface area (Å²) in [4.78, 5) is 1.39. The lowest BCUT2D eigenvalue weighted by molar-refractivity contribution is 1.25. The van der Waals surface area contributed by atoms with Crippen LogP contribution in [0.1, 0.15) is 11.1 Å². The van der Waals surface area contributed by atoms with Gasteiger partial charge in [0.25, 0.3) is 0 Å². The van der Waals surface area contributed by atoms with Gasteiger partial charge in [0.1, 0.15) is 0 Å². The fourth-order valence-electron chi connectivity index (χ4n) is 1.72. The van der Waals surface area contributed by atoms with Gasteiger partial charge in [0.2, 0.25) is 0 Å². The summed E-state index contributed by atoms with van der Waals surface area (Å²) in [5.41, 5.74) is 4.23. The Morgan fingerprint density at radius 1 is 1.50 bits per heavy atom. The molecule has 1 aliphatic heterocycles. The van der Waals surface area contributed by atoms with Crippen LogP contribution in [0, 0.1) is 13.8 Å². The summed E-state index contributed by atoms with van der Waals surface area (Å²) >= 11 is 1.81. The topological polar surface area (TPSA) is 0 Å². The molecule has 1 aliphatic carbocycles. The Kier molecular flexibility index (Phi) is 2.69. The average Bonchev–Trinajstić information content (AvgIpc) is 2.51. The lowest BCUT2D eigenvalue weighted by atomic mass is 10.1. The number of allylic oxidation sites excluding steroid dienone is 2. The van der Waals surface area contributed by atoms with E-state index >= 15 is 0 Å². The van der Waals surface area contributed by atoms with Gasteiger partial charge in [-0.15, -0.1) is 11.3 Å². The minimum Gasteiger partial charge on any atom is -0.144 e. The smallest absolute Gasteiger partial charge is 0.0348 e. The molecule has 14 heavy (non-hydrogen) atoms. The maximum absolute atomic E-state index is 3.72. The normalized spacial score (nSPS) is 11.6. The maximum Gasteiger partial charge on any atom is 0.0348 e. The van der Waals surface area contributed by atoms with Crippen LogP contribution in [0.5, 0.6) is 0 Å². The van der Waals surface area contributed by atoms with Crippen LogP contribution in [0.2, 0.25) is 0 Å². The van der Waals surface area contributed by atoms with Gasteiger partial charge in [-0.05, 0) is 48.4 Å². The van der Waals surface area contributed by atoms with Crippen LogP contribution in [0.25, 0.3) is 10.4 Å². The van der Waals surface area contributed by atoms with Crippen molar-refractivity contribution in [3.8, 4) is 10.4 Å². The zero-order chi connectivity index (χ0) is 9.97. The number of aryl methyl sites for hydroxylation is 1. The second-order valence-corrected chi connectivity index (χ2v) is 4.32. The average molecular weight is 201 g/mol. The monoisotopic (exact) mass is 201 g/mol. The van der Waals surface area contributed by atoms with Crippen LogP contribution in [-0.2, 0) is 6.42 Å². The number of hydrogen-bond donors (Lipinski definition) is 0. The molecule has 1 radical (unpaired) electrons. The highest BCUT2D eigenvalue weighted by Gasteiger charge is 2.11. The summed E-state index contributed by atoms with van der Waals surface area (Å²) in [5.74, 6) is 0. The molecule has 0 fully saturated rings. The molecule has 0 unspecified atom stereocenters. The van der Waals surface area contributed by atoms with Crippen molar-refractivity contribution in [3.63, 3.8) is 0 Å². The van der Waals surface area contributed by atoms with Crippen LogP contribution in [0.15, 0.2) is 35.7 Å². The second kappa shape index (κ2) is 3.97. The summed E-state index contributed by atoms with van der Waals surface area (Å²) in [6.07, 6.45) is 4.97. The highest BCUT2D eigenvalue weighted by Crippen LogP contribution is 2.34. The minimum atomic E-state index is 0.996. The van der Waals surface area contributed by atoms with Gasteiger partial charge >= 0.3 is 0 Å². The molecule has 2 rings (SSSR count). The Balaban J connectivity index is 2.49. The maximum atomic E-state index is 3.72. The Hall–Kier alpha value is -1.08. The zero-order valence-electron chi connectivity index (χ0n) is 8.29. The van der Waals surface area contributed by atoms with Gasteiger partial charge < -0.3 is 0 Å². The molecule has 2 aliphatic rings. The van der Waals surface area contributed by atoms with Crippen LogP contribution in [0.4, 0.5) is 0 Å². The highest BCUT2D eigenvalue weighted by molar-refractivity contribution is 7.13. The molecule has 0 aromatic heterocycles. The van der Waals surface area contributed by atoms with Gasteiger partial charge in [-0.2, -0.15) is 0 Å². The highest BCUT2D eigenvalue weighted by atomic mass is 32.1. The fraction of sp³-hybridized carbons (Fsp3) is 0.154. The zero-order valence-corrected chi connectivity index (χ0v) is 9.10. The van der Waals surface area contributed by atoms with Crippen LogP contribution >= 0.6 is 11.3 Å². The molecule has 1 heterocycles. The van der Waals surface area contributed by atoms with Crippen molar-refractivity contribution in [2.24, 2.45) is 0 Å². The SMILES string of the molecule is [CH2]C=CCc1c(C)cc2scccc1-2. The lowest BCUT2D eigenvalue weighted by Crippen LogP contribution is -1.82. The van der Waals surface area contributed by atoms with Gasteiger partial charge in [0.05, 0.1) is 0 Å². The quantitative estimate of drug-likeness (QED) is 0.686. The third-order valence-corrected chi connectivity index (χ3v) is 3.32. The first kappa shape index (κ1) is 9.47. The van der Waals surface area contributed by atoms with Crippen molar-refractivity contribution in [1.29, 1.82) is 0 Å². The largest absolute Gasteiger partial charge is 0.144 e. The van der Waals surface area contributed by atoms with Crippen LogP contribution in [0.3, 0.4) is 0 Å². The van der Waals surface area contributed by atoms with E-state index in [1.165, 1.54) is 21.6 Å². The molecule has 0 saturated carbocycles. The molecule has 0 spiro atoms. The first-order valence-corrected chi connectivity index (χ1v) is 5.61. The standard InChI is InChI=1S/C13H13S/c1-3-4-6-11-10(2)9-13-12(11)7-5-8-14-13/h3-5,7-9H,1,6H2,2H3. The van der Waals surface area contributed by atoms with E-state index in [1.54, 1.807) is 11.3 Å². The Morgan fingerprint density at radius 2 is 2.36 bits per heavy atom. The minimum absolute atomic E-state index is 0.996. The molecular formula is C13H13S. The second-order valence-electron chi connectivity index (χ2n) is 3.37. The molecule has 0 N–H and O–H groups in total. The van der Waals surface area contributed by atoms with E-state index in [0.29, 0.717) is 0 Å². The molecule has 71 valence electrons. The summed E-state index contributed by atoms with van der Waals surface area (Å²) < 4.78 is 0. The van der Waals surface area contributed by atoms with Crippen LogP contribution < -0.4 is 0 Å². The van der Waals surface area contributed by atoms with E-state index in [1.807, 2.05) is 6.08 Å². The molecule has 0 amide bonds. The van der Waals surface area contributed by atoms with Gasteiger partial charge in [0, 0.05) is 4.88 Å². The van der Waals surface area contributed by atoms with Crippen molar-refractivity contribution in [2.45, 2.75) is 13.3 Å². The van der Waals surface area contributed by atoms with E-state index in [2.05, 4.69) is 43.5 Å². The molecule has 0 atom stereocenters. The van der Waals surface area contributed by atoms with E-state index in [4.69, 9.17) is 0 Å². The van der Waals surface area contributed by atoms with Crippen molar-refractivity contribution >= 4 is 11.3 Å². The van der Waals surface area contributed by atoms with E-state index < -0.39 is 0 Å². The number of rotatable bonds is 2. The van der Waals surface area contributed by atoms with Gasteiger partial charge in [-0.1, -0.05) is 24.3 Å². The van der Waals surface area contributed by atoms with E-state index in [-0.39, 0.29) is 0 Å². The molecule has 0 saturated heterocycles. The molecule has 1 heteroatoms. The van der Waals surface area contributed by atoms with Gasteiger partial charge in [-0.25, -0.2) is 0 Å². The Labute approximate surface area is 89.2 Å². The predicted molar refractivity (Wildman–Crippen MR) is 63.9 cm³/mol. The van der Waals surface area contributed by atoms with Gasteiger partial charge in [-0.3, -0.25) is 0 Å². The predicted octanol–water partition coefficient (Wildman–Crippen LogP) is 4.09. The summed E-state index contributed by atoms with van der Waals surface area (Å²) in [6, 6.07) is 6.58. The van der Waals surface area contributed by atoms with Crippen molar-refractivity contribution < 1.29 is 0 Å². The van der Waals surface area contributed by atoms with Crippen molar-refractivity contribution in [1.82, 2.24) is 0 Å². The Morgan fingerprint density at radius 3 is 3.14 bits per heavy atom. The first-order chi connectivity index (χ1) is 6.83. The van der Waals surface area contributed by atoms with Crippen molar-refractivity contribution in [3.05, 3.63) is 53.8 Å². The number of hydrogen-bond acceptors (Lipinski definition) is 1. The molecule has 0 aromatic carbocycles. The summed E-state index contributed by atoms with van der Waals surface area (Å²) in [7, 11) is 0. The first-order valence-electron chi connectivity index (χ1n) is 4.73. The third-order valence-electron chi connectivity index (χ3n) is 2.44. The summed E-state index contributed by atoms with van der Waals surface area (Å²) in [6.45, 7) is 5.90. The summed E-state index contributed by atoms with van der Waals surface area (Å²) in [5, 5.41) is 2.13. The van der Waals surface area contributed by atoms with Crippen LogP contribution in [-0.4, -0.2) is 0 Å². The lowest BCUT2D eigenvalue weighted by Gasteiger charge is -2.00. The van der Waals surface area contributed by atoms with Crippen molar-refractivity contribution in [2.75, 3.05) is 0 Å². The molecule has 0 nitrogen and oxygen atoms in total. The molecule has 0 bridgehead atoms. The number of fused-ring (bicyclic) bond motifs is 1. The molecule has 0 aromatic rings. The van der Waals surface area contributed by atoms with E-state index in [9.17, 15) is 0 Å². The van der Waals surface area contributed by atoms with E-state index in [0.717, 1.165) is 6.42 Å². The Bertz CT molecular complexity index is 423. The third kappa shape index (κ3) is 1.60. The van der Waals surface area contributed by atoms with Gasteiger partial charge in [0.15, 0.2) is 0 Å². The fourth-order valence-corrected chi connectivity index (χ4v) is 2.59.